The molecule has 1 fully saturated rings. The summed E-state index contributed by atoms with van der Waals surface area (Å²) in [5.74, 6) is 1.04. The first-order chi connectivity index (χ1) is 11.0. The van der Waals surface area contributed by atoms with Crippen molar-refractivity contribution < 1.29 is 14.6 Å². The summed E-state index contributed by atoms with van der Waals surface area (Å²) < 4.78 is 5.57. The van der Waals surface area contributed by atoms with Crippen LogP contribution in [0, 0.1) is 5.92 Å². The third-order valence-corrected chi connectivity index (χ3v) is 4.04. The fourth-order valence-corrected chi connectivity index (χ4v) is 2.84. The normalized spacial score (nSPS) is 17.9. The fraction of sp³-hybridized carbons (Fsp3) is 0.611. The van der Waals surface area contributed by atoms with Crippen LogP contribution in [0.2, 0.25) is 0 Å². The predicted molar refractivity (Wildman–Crippen MR) is 90.4 cm³/mol. The second-order valence-corrected chi connectivity index (χ2v) is 6.52. The highest BCUT2D eigenvalue weighted by atomic mass is 16.5. The van der Waals surface area contributed by atoms with Crippen LogP contribution in [0.5, 0.6) is 5.75 Å². The maximum atomic E-state index is 12.0. The first-order valence-electron chi connectivity index (χ1n) is 8.43. The molecule has 1 aromatic rings. The van der Waals surface area contributed by atoms with Crippen LogP contribution < -0.4 is 10.1 Å². The molecule has 128 valence electrons. The van der Waals surface area contributed by atoms with Crippen LogP contribution in [0.1, 0.15) is 26.7 Å². The zero-order valence-corrected chi connectivity index (χ0v) is 14.1. The number of amides is 1. The molecule has 1 amide bonds. The van der Waals surface area contributed by atoms with E-state index in [1.807, 2.05) is 44.2 Å². The van der Waals surface area contributed by atoms with Crippen LogP contribution >= 0.6 is 0 Å². The van der Waals surface area contributed by atoms with Gasteiger partial charge in [-0.15, -0.1) is 0 Å². The highest BCUT2D eigenvalue weighted by Gasteiger charge is 2.26. The molecule has 1 atom stereocenters. The van der Waals surface area contributed by atoms with Crippen molar-refractivity contribution in [3.63, 3.8) is 0 Å². The number of nitrogens with one attached hydrogen (secondary N) is 1. The zero-order valence-electron chi connectivity index (χ0n) is 14.1. The van der Waals surface area contributed by atoms with Gasteiger partial charge < -0.3 is 20.1 Å². The molecule has 1 aliphatic heterocycles. The van der Waals surface area contributed by atoms with E-state index in [0.717, 1.165) is 31.7 Å². The number of likely N-dealkylation sites (tertiary alicyclic amines) is 1. The van der Waals surface area contributed by atoms with Crippen LogP contribution in [0.25, 0.3) is 0 Å². The monoisotopic (exact) mass is 320 g/mol. The highest BCUT2D eigenvalue weighted by Crippen LogP contribution is 2.18. The quantitative estimate of drug-likeness (QED) is 0.802. The summed E-state index contributed by atoms with van der Waals surface area (Å²) in [6, 6.07) is 9.71. The van der Waals surface area contributed by atoms with E-state index < -0.39 is 6.10 Å². The van der Waals surface area contributed by atoms with Gasteiger partial charge in [-0.05, 0) is 51.9 Å². The number of nitrogens with zero attached hydrogens (tertiary/aromatic N) is 1. The second kappa shape index (κ2) is 8.89. The lowest BCUT2D eigenvalue weighted by molar-refractivity contribution is -0.127. The van der Waals surface area contributed by atoms with E-state index in [1.54, 1.807) is 0 Å². The number of ether oxygens (including phenoxy) is 1. The van der Waals surface area contributed by atoms with Crippen molar-refractivity contribution in [1.29, 1.82) is 0 Å². The van der Waals surface area contributed by atoms with Crippen LogP contribution in [0.15, 0.2) is 30.3 Å². The summed E-state index contributed by atoms with van der Waals surface area (Å²) in [5.41, 5.74) is 0. The molecule has 0 radical (unpaired) electrons. The van der Waals surface area contributed by atoms with E-state index in [4.69, 9.17) is 4.74 Å². The van der Waals surface area contributed by atoms with Crippen LogP contribution in [-0.2, 0) is 4.79 Å². The summed E-state index contributed by atoms with van der Waals surface area (Å²) >= 11 is 0. The number of para-hydroxylation sites is 1. The van der Waals surface area contributed by atoms with Crippen molar-refractivity contribution in [2.45, 2.75) is 38.8 Å². The number of piperidine rings is 1. The molecule has 0 aliphatic carbocycles. The number of carbonyl (C=O) groups excluding carboxylic acids is 1. The minimum Gasteiger partial charge on any atom is -0.491 e. The lowest BCUT2D eigenvalue weighted by atomic mass is 9.95. The average molecular weight is 320 g/mol. The molecule has 1 saturated heterocycles. The first kappa shape index (κ1) is 17.8. The van der Waals surface area contributed by atoms with Crippen LogP contribution in [0.4, 0.5) is 0 Å². The number of β-amino-alcohol motifs (C(OH)–C–C–N with tert-alkyl or cyclic N) is 1. The van der Waals surface area contributed by atoms with Crippen molar-refractivity contribution in [1.82, 2.24) is 10.2 Å². The van der Waals surface area contributed by atoms with Gasteiger partial charge in [0.25, 0.3) is 0 Å². The Kier molecular flexibility index (Phi) is 6.86. The van der Waals surface area contributed by atoms with Gasteiger partial charge in [-0.25, -0.2) is 0 Å². The number of rotatable bonds is 7. The van der Waals surface area contributed by atoms with Gasteiger partial charge in [0.2, 0.25) is 5.91 Å². The summed E-state index contributed by atoms with van der Waals surface area (Å²) in [4.78, 5) is 14.2. The maximum Gasteiger partial charge on any atom is 0.223 e. The Morgan fingerprint density at radius 1 is 1.30 bits per heavy atom. The summed E-state index contributed by atoms with van der Waals surface area (Å²) in [5, 5.41) is 13.1. The SMILES string of the molecule is CC(C)NC(=O)C1CCN(CC(O)COc2ccccc2)CC1. The van der Waals surface area contributed by atoms with Gasteiger partial charge in [-0.3, -0.25) is 4.79 Å². The van der Waals surface area contributed by atoms with Gasteiger partial charge in [-0.1, -0.05) is 18.2 Å². The summed E-state index contributed by atoms with van der Waals surface area (Å²) in [7, 11) is 0. The van der Waals surface area contributed by atoms with Gasteiger partial charge in [0.15, 0.2) is 0 Å². The molecule has 23 heavy (non-hydrogen) atoms. The molecular weight excluding hydrogens is 292 g/mol. The van der Waals surface area contributed by atoms with Gasteiger partial charge in [-0.2, -0.15) is 0 Å². The second-order valence-electron chi connectivity index (χ2n) is 6.52. The molecule has 0 aromatic heterocycles. The van der Waals surface area contributed by atoms with Gasteiger partial charge in [0.05, 0.1) is 0 Å². The number of aliphatic hydroxyl groups excluding tert-OH is 1. The molecule has 2 N–H and O–H groups in total. The molecule has 0 bridgehead atoms. The Morgan fingerprint density at radius 2 is 1.96 bits per heavy atom. The van der Waals surface area contributed by atoms with Crippen molar-refractivity contribution in [2.75, 3.05) is 26.2 Å². The Balaban J connectivity index is 1.66. The molecule has 1 aromatic carbocycles. The first-order valence-corrected chi connectivity index (χ1v) is 8.43. The molecule has 5 heteroatoms. The lowest BCUT2D eigenvalue weighted by Crippen LogP contribution is -2.45. The van der Waals surface area contributed by atoms with Crippen molar-refractivity contribution >= 4 is 5.91 Å². The van der Waals surface area contributed by atoms with Crippen LogP contribution in [0.3, 0.4) is 0 Å². The molecule has 1 unspecified atom stereocenters. The minimum absolute atomic E-state index is 0.103. The van der Waals surface area contributed by atoms with Gasteiger partial charge >= 0.3 is 0 Å². The largest absolute Gasteiger partial charge is 0.491 e. The van der Waals surface area contributed by atoms with E-state index in [2.05, 4.69) is 10.2 Å². The van der Waals surface area contributed by atoms with Crippen molar-refractivity contribution in [2.24, 2.45) is 5.92 Å². The number of hydrogen-bond donors (Lipinski definition) is 2. The third kappa shape index (κ3) is 6.20. The van der Waals surface area contributed by atoms with Gasteiger partial charge in [0, 0.05) is 18.5 Å². The predicted octanol–water partition coefficient (Wildman–Crippen LogP) is 1.66. The Morgan fingerprint density at radius 3 is 2.57 bits per heavy atom. The standard InChI is InChI=1S/C18H28N2O3/c1-14(2)19-18(22)15-8-10-20(11-9-15)12-16(21)13-23-17-6-4-3-5-7-17/h3-7,14-16,21H,8-13H2,1-2H3,(H,19,22). The number of hydrogen-bond acceptors (Lipinski definition) is 4. The van der Waals surface area contributed by atoms with Gasteiger partial charge in [0.1, 0.15) is 18.5 Å². The maximum absolute atomic E-state index is 12.0. The lowest BCUT2D eigenvalue weighted by Gasteiger charge is -2.32. The zero-order chi connectivity index (χ0) is 16.7. The van der Waals surface area contributed by atoms with E-state index in [0.29, 0.717) is 6.54 Å². The summed E-state index contributed by atoms with van der Waals surface area (Å²) in [6.45, 7) is 6.53. The fourth-order valence-electron chi connectivity index (χ4n) is 2.84. The number of aliphatic hydroxyl groups is 1. The van der Waals surface area contributed by atoms with E-state index in [1.165, 1.54) is 0 Å². The average Bonchev–Trinajstić information content (AvgIpc) is 2.54. The molecule has 0 spiro atoms. The Labute approximate surface area is 138 Å². The number of benzene rings is 1. The minimum atomic E-state index is -0.517. The third-order valence-electron chi connectivity index (χ3n) is 4.04. The molecule has 1 aliphatic rings. The highest BCUT2D eigenvalue weighted by molar-refractivity contribution is 5.78. The molecule has 0 saturated carbocycles. The van der Waals surface area contributed by atoms with Crippen molar-refractivity contribution in [3.05, 3.63) is 30.3 Å². The smallest absolute Gasteiger partial charge is 0.223 e. The van der Waals surface area contributed by atoms with Crippen LogP contribution in [-0.4, -0.2) is 54.3 Å². The molecule has 2 rings (SSSR count). The van der Waals surface area contributed by atoms with Crippen molar-refractivity contribution in [3.8, 4) is 5.75 Å². The van der Waals surface area contributed by atoms with E-state index in [9.17, 15) is 9.90 Å². The van der Waals surface area contributed by atoms with E-state index in [-0.39, 0.29) is 24.5 Å². The molecule has 5 nitrogen and oxygen atoms in total. The summed E-state index contributed by atoms with van der Waals surface area (Å²) in [6.07, 6.45) is 1.19. The molecule has 1 heterocycles. The molecular formula is C18H28N2O3. The Hall–Kier alpha value is -1.59. The van der Waals surface area contributed by atoms with E-state index >= 15 is 0 Å². The topological polar surface area (TPSA) is 61.8 Å². The Bertz CT molecular complexity index is 470. The number of carbonyl (C=O) groups is 1.